The van der Waals surface area contributed by atoms with Gasteiger partial charge in [0.25, 0.3) is 11.5 Å². The van der Waals surface area contributed by atoms with E-state index in [4.69, 9.17) is 0 Å². The van der Waals surface area contributed by atoms with E-state index >= 15 is 0 Å². The third-order valence-electron chi connectivity index (χ3n) is 5.19. The maximum atomic E-state index is 12.8. The van der Waals surface area contributed by atoms with Gasteiger partial charge in [-0.15, -0.1) is 0 Å². The second-order valence-electron chi connectivity index (χ2n) is 8.64. The van der Waals surface area contributed by atoms with E-state index in [2.05, 4.69) is 26.1 Å². The molecular weight excluding hydrogens is 360 g/mol. The Bertz CT molecular complexity index is 1090. The molecule has 0 saturated heterocycles. The number of hydrogen-bond acceptors (Lipinski definition) is 2. The molecule has 29 heavy (non-hydrogen) atoms. The largest absolute Gasteiger partial charge is 0.322 e. The highest BCUT2D eigenvalue weighted by Gasteiger charge is 2.15. The predicted octanol–water partition coefficient (Wildman–Crippen LogP) is 5.22. The zero-order valence-electron chi connectivity index (χ0n) is 18.0. The van der Waals surface area contributed by atoms with Crippen LogP contribution in [0.25, 0.3) is 11.1 Å². The highest BCUT2D eigenvalue weighted by Crippen LogP contribution is 2.26. The van der Waals surface area contributed by atoms with Crippen molar-refractivity contribution in [3.05, 3.63) is 87.3 Å². The minimum atomic E-state index is -0.137. The second kappa shape index (κ2) is 7.70. The van der Waals surface area contributed by atoms with E-state index in [0.717, 1.165) is 22.4 Å². The van der Waals surface area contributed by atoms with Gasteiger partial charge in [-0.25, -0.2) is 0 Å². The Balaban J connectivity index is 1.89. The van der Waals surface area contributed by atoms with Gasteiger partial charge in [-0.2, -0.15) is 0 Å². The van der Waals surface area contributed by atoms with Crippen LogP contribution in [0.1, 0.15) is 47.8 Å². The zero-order chi connectivity index (χ0) is 21.3. The maximum Gasteiger partial charge on any atom is 0.255 e. The molecule has 0 radical (unpaired) electrons. The van der Waals surface area contributed by atoms with E-state index in [0.29, 0.717) is 11.1 Å². The quantitative estimate of drug-likeness (QED) is 0.669. The number of amides is 1. The summed E-state index contributed by atoms with van der Waals surface area (Å²) < 4.78 is 1.58. The molecular formula is C25H28N2O2. The first-order chi connectivity index (χ1) is 13.6. The van der Waals surface area contributed by atoms with E-state index in [-0.39, 0.29) is 16.9 Å². The molecule has 1 heterocycles. The van der Waals surface area contributed by atoms with Crippen molar-refractivity contribution < 1.29 is 4.79 Å². The Kier molecular flexibility index (Phi) is 5.47. The topological polar surface area (TPSA) is 51.1 Å². The van der Waals surface area contributed by atoms with Gasteiger partial charge in [0.2, 0.25) is 0 Å². The minimum Gasteiger partial charge on any atom is -0.322 e. The monoisotopic (exact) mass is 388 g/mol. The average Bonchev–Trinajstić information content (AvgIpc) is 2.66. The number of nitrogens with zero attached hydrogens (tertiary/aromatic N) is 1. The van der Waals surface area contributed by atoms with Crippen molar-refractivity contribution in [3.63, 3.8) is 0 Å². The number of benzene rings is 2. The molecule has 4 heteroatoms. The fourth-order valence-corrected chi connectivity index (χ4v) is 3.29. The number of nitrogens with one attached hydrogen (secondary N) is 1. The molecule has 0 bridgehead atoms. The number of aromatic nitrogens is 1. The molecule has 0 unspecified atom stereocenters. The maximum absolute atomic E-state index is 12.8. The zero-order valence-corrected chi connectivity index (χ0v) is 18.0. The molecule has 150 valence electrons. The third kappa shape index (κ3) is 4.48. The Labute approximate surface area is 172 Å². The molecule has 4 nitrogen and oxygen atoms in total. The number of pyridine rings is 1. The number of aryl methyl sites for hydroxylation is 3. The molecule has 3 rings (SSSR count). The van der Waals surface area contributed by atoms with Gasteiger partial charge < -0.3 is 9.88 Å². The molecule has 0 fully saturated rings. The Morgan fingerprint density at radius 3 is 2.14 bits per heavy atom. The van der Waals surface area contributed by atoms with Crippen molar-refractivity contribution in [3.8, 4) is 11.1 Å². The molecule has 1 amide bonds. The van der Waals surface area contributed by atoms with Gasteiger partial charge >= 0.3 is 0 Å². The van der Waals surface area contributed by atoms with E-state index in [1.165, 1.54) is 5.56 Å². The fraction of sp³-hybridized carbons (Fsp3) is 0.280. The van der Waals surface area contributed by atoms with Crippen LogP contribution in [0.5, 0.6) is 0 Å². The Hall–Kier alpha value is -3.14. The Morgan fingerprint density at radius 1 is 0.897 bits per heavy atom. The van der Waals surface area contributed by atoms with Crippen LogP contribution in [0, 0.1) is 13.8 Å². The van der Waals surface area contributed by atoms with Crippen molar-refractivity contribution in [2.75, 3.05) is 5.32 Å². The first-order valence-corrected chi connectivity index (χ1v) is 9.76. The van der Waals surface area contributed by atoms with Gasteiger partial charge in [0.15, 0.2) is 0 Å². The lowest BCUT2D eigenvalue weighted by Crippen LogP contribution is -2.18. The average molecular weight is 389 g/mol. The highest BCUT2D eigenvalue weighted by atomic mass is 16.1. The number of carbonyl (C=O) groups excluding carboxylic acids is 1. The van der Waals surface area contributed by atoms with E-state index < -0.39 is 0 Å². The van der Waals surface area contributed by atoms with E-state index in [1.807, 2.05) is 68.6 Å². The van der Waals surface area contributed by atoms with Gasteiger partial charge in [-0.1, -0.05) is 45.0 Å². The summed E-state index contributed by atoms with van der Waals surface area (Å²) in [6.07, 6.45) is 1.82. The summed E-state index contributed by atoms with van der Waals surface area (Å²) in [7, 11) is 1.75. The minimum absolute atomic E-state index is 0.00640. The summed E-state index contributed by atoms with van der Waals surface area (Å²) in [4.78, 5) is 24.7. The van der Waals surface area contributed by atoms with Crippen LogP contribution in [-0.4, -0.2) is 10.5 Å². The van der Waals surface area contributed by atoms with Crippen molar-refractivity contribution in [1.29, 1.82) is 0 Å². The summed E-state index contributed by atoms with van der Waals surface area (Å²) in [6, 6.07) is 15.6. The molecule has 2 aromatic carbocycles. The van der Waals surface area contributed by atoms with Crippen molar-refractivity contribution in [1.82, 2.24) is 4.57 Å². The van der Waals surface area contributed by atoms with E-state index in [9.17, 15) is 9.59 Å². The molecule has 0 aliphatic carbocycles. The van der Waals surface area contributed by atoms with Crippen molar-refractivity contribution in [2.45, 2.75) is 40.0 Å². The number of hydrogen-bond donors (Lipinski definition) is 1. The standard InChI is InChI=1S/C25H28N2O2/c1-16-7-8-19(20-13-17(2)24(29)27(6)15-20)14-22(16)26-23(28)18-9-11-21(12-10-18)25(3,4)5/h7-15H,1-6H3,(H,26,28). The first-order valence-electron chi connectivity index (χ1n) is 9.76. The summed E-state index contributed by atoms with van der Waals surface area (Å²) in [5.74, 6) is -0.137. The van der Waals surface area contributed by atoms with Crippen LogP contribution in [-0.2, 0) is 12.5 Å². The van der Waals surface area contributed by atoms with Crippen molar-refractivity contribution >= 4 is 11.6 Å². The van der Waals surface area contributed by atoms with Crippen molar-refractivity contribution in [2.24, 2.45) is 7.05 Å². The highest BCUT2D eigenvalue weighted by molar-refractivity contribution is 6.05. The van der Waals surface area contributed by atoms with Gasteiger partial charge in [0.05, 0.1) is 0 Å². The molecule has 3 aromatic rings. The molecule has 0 saturated carbocycles. The van der Waals surface area contributed by atoms with Gasteiger partial charge in [0, 0.05) is 30.1 Å². The second-order valence-corrected chi connectivity index (χ2v) is 8.64. The third-order valence-corrected chi connectivity index (χ3v) is 5.19. The van der Waals surface area contributed by atoms with Gasteiger partial charge in [-0.05, 0) is 65.8 Å². The summed E-state index contributed by atoms with van der Waals surface area (Å²) in [5, 5.41) is 3.03. The molecule has 0 spiro atoms. The van der Waals surface area contributed by atoms with Crippen LogP contribution in [0.15, 0.2) is 59.5 Å². The van der Waals surface area contributed by atoms with Crippen LogP contribution in [0.2, 0.25) is 0 Å². The van der Waals surface area contributed by atoms with Crippen LogP contribution < -0.4 is 10.9 Å². The predicted molar refractivity (Wildman–Crippen MR) is 120 cm³/mol. The number of anilines is 1. The molecule has 1 N–H and O–H groups in total. The number of carbonyl (C=O) groups is 1. The first kappa shape index (κ1) is 20.6. The molecule has 0 aliphatic rings. The summed E-state index contributed by atoms with van der Waals surface area (Å²) in [6.45, 7) is 10.2. The lowest BCUT2D eigenvalue weighted by atomic mass is 9.86. The lowest BCUT2D eigenvalue weighted by molar-refractivity contribution is 0.102. The molecule has 0 atom stereocenters. The smallest absolute Gasteiger partial charge is 0.255 e. The SMILES string of the molecule is Cc1ccc(-c2cc(C)c(=O)n(C)c2)cc1NC(=O)c1ccc(C(C)(C)C)cc1. The number of rotatable bonds is 3. The lowest BCUT2D eigenvalue weighted by Gasteiger charge is -2.19. The van der Waals surface area contributed by atoms with Crippen LogP contribution in [0.4, 0.5) is 5.69 Å². The van der Waals surface area contributed by atoms with Gasteiger partial charge in [0.1, 0.15) is 0 Å². The summed E-state index contributed by atoms with van der Waals surface area (Å²) >= 11 is 0. The van der Waals surface area contributed by atoms with Crippen LogP contribution in [0.3, 0.4) is 0 Å². The molecule has 0 aliphatic heterocycles. The molecule has 1 aromatic heterocycles. The van der Waals surface area contributed by atoms with Crippen LogP contribution >= 0.6 is 0 Å². The Morgan fingerprint density at radius 2 is 1.55 bits per heavy atom. The van der Waals surface area contributed by atoms with Gasteiger partial charge in [-0.3, -0.25) is 9.59 Å². The van der Waals surface area contributed by atoms with E-state index in [1.54, 1.807) is 11.6 Å². The normalized spacial score (nSPS) is 11.4. The summed E-state index contributed by atoms with van der Waals surface area (Å²) in [5.41, 5.74) is 6.19. The fourth-order valence-electron chi connectivity index (χ4n) is 3.29.